The number of rotatable bonds is 3. The molecule has 0 aliphatic carbocycles. The Morgan fingerprint density at radius 3 is 2.10 bits per heavy atom. The van der Waals surface area contributed by atoms with E-state index < -0.39 is 24.3 Å². The van der Waals surface area contributed by atoms with Gasteiger partial charge in [-0.1, -0.05) is 0 Å². The third-order valence-electron chi connectivity index (χ3n) is 6.62. The van der Waals surface area contributed by atoms with Crippen LogP contribution in [0.4, 0.5) is 26.3 Å². The highest BCUT2D eigenvalue weighted by Gasteiger charge is 2.45. The number of aromatic nitrogens is 1. The highest BCUT2D eigenvalue weighted by molar-refractivity contribution is 5.94. The lowest BCUT2D eigenvalue weighted by atomic mass is 9.86. The van der Waals surface area contributed by atoms with Crippen LogP contribution in [0.3, 0.4) is 0 Å². The van der Waals surface area contributed by atoms with E-state index in [4.69, 9.17) is 24.5 Å². The molecule has 2 N–H and O–H groups in total. The van der Waals surface area contributed by atoms with Crippen molar-refractivity contribution in [3.8, 4) is 0 Å². The summed E-state index contributed by atoms with van der Waals surface area (Å²) < 4.78 is 69.8. The van der Waals surface area contributed by atoms with E-state index in [9.17, 15) is 31.1 Å². The summed E-state index contributed by atoms with van der Waals surface area (Å²) in [5, 5.41) is 14.2. The normalized spacial score (nSPS) is 24.0. The van der Waals surface area contributed by atoms with E-state index in [1.165, 1.54) is 0 Å². The van der Waals surface area contributed by atoms with E-state index >= 15 is 0 Å². The number of piperidine rings is 1. The number of piperazine rings is 1. The van der Waals surface area contributed by atoms with Gasteiger partial charge >= 0.3 is 24.3 Å². The number of carbonyl (C=O) groups is 3. The molecule has 16 heteroatoms. The zero-order valence-electron chi connectivity index (χ0n) is 21.7. The molecule has 1 aromatic heterocycles. The van der Waals surface area contributed by atoms with Gasteiger partial charge in [-0.2, -0.15) is 26.3 Å². The van der Waals surface area contributed by atoms with Crippen molar-refractivity contribution in [2.24, 2.45) is 5.92 Å². The van der Waals surface area contributed by atoms with E-state index in [1.807, 2.05) is 17.0 Å². The maximum atomic E-state index is 12.8. The first-order valence-corrected chi connectivity index (χ1v) is 12.4. The molecule has 40 heavy (non-hydrogen) atoms. The van der Waals surface area contributed by atoms with Crippen molar-refractivity contribution in [3.63, 3.8) is 0 Å². The van der Waals surface area contributed by atoms with E-state index in [2.05, 4.69) is 21.8 Å². The number of carbonyl (C=O) groups excluding carboxylic acids is 1. The van der Waals surface area contributed by atoms with Crippen LogP contribution in [0.1, 0.15) is 29.6 Å². The SMILES string of the molecule is CN1CCN(CC2COC3(CCCN(C(=O)c4cccnc4)C3)C2)CC1.O=C(O)C(F)(F)F.O=C(O)C(F)(F)F. The van der Waals surface area contributed by atoms with Crippen molar-refractivity contribution in [1.29, 1.82) is 0 Å². The molecule has 3 aliphatic rings. The van der Waals surface area contributed by atoms with Crippen LogP contribution < -0.4 is 0 Å². The lowest BCUT2D eigenvalue weighted by molar-refractivity contribution is -0.193. The van der Waals surface area contributed by atoms with Gasteiger partial charge < -0.3 is 29.6 Å². The lowest BCUT2D eigenvalue weighted by Gasteiger charge is -2.40. The Morgan fingerprint density at radius 1 is 1.02 bits per heavy atom. The third kappa shape index (κ3) is 10.5. The predicted octanol–water partition coefficient (Wildman–Crippen LogP) is 2.61. The second-order valence-corrected chi connectivity index (χ2v) is 9.85. The second-order valence-electron chi connectivity index (χ2n) is 9.85. The zero-order valence-corrected chi connectivity index (χ0v) is 21.7. The molecule has 10 nitrogen and oxygen atoms in total. The van der Waals surface area contributed by atoms with Crippen LogP contribution in [0, 0.1) is 5.92 Å². The first-order chi connectivity index (χ1) is 18.5. The monoisotopic (exact) mass is 586 g/mol. The van der Waals surface area contributed by atoms with Crippen LogP contribution in [0.2, 0.25) is 0 Å². The quantitative estimate of drug-likeness (QED) is 0.515. The first kappa shape index (κ1) is 33.2. The van der Waals surface area contributed by atoms with Crippen molar-refractivity contribution in [2.75, 3.05) is 59.5 Å². The Morgan fingerprint density at radius 2 is 1.60 bits per heavy atom. The van der Waals surface area contributed by atoms with Gasteiger partial charge in [-0.05, 0) is 44.4 Å². The van der Waals surface area contributed by atoms with Crippen molar-refractivity contribution in [2.45, 2.75) is 37.2 Å². The number of halogens is 6. The Kier molecular flexibility index (Phi) is 11.7. The van der Waals surface area contributed by atoms with Crippen LogP contribution >= 0.6 is 0 Å². The number of amides is 1. The fraction of sp³-hybridized carbons (Fsp3) is 0.667. The standard InChI is InChI=1S/C20H30N4O2.2C2HF3O2/c1-22-8-10-23(11-9-22)14-17-12-20(26-15-17)5-3-7-24(16-20)19(25)18-4-2-6-21-13-18;2*3-2(4,5)1(6)7/h2,4,6,13,17H,3,5,7-12,14-16H2,1H3;2*(H,6,7). The molecule has 3 fully saturated rings. The average molecular weight is 587 g/mol. The number of carboxylic acid groups (broad SMARTS) is 2. The number of carboxylic acids is 2. The molecule has 2 unspecified atom stereocenters. The number of nitrogens with zero attached hydrogens (tertiary/aromatic N) is 4. The highest BCUT2D eigenvalue weighted by atomic mass is 19.4. The molecule has 4 heterocycles. The average Bonchev–Trinajstić information content (AvgIpc) is 3.26. The maximum Gasteiger partial charge on any atom is 0.490 e. The second kappa shape index (κ2) is 14.1. The number of hydrogen-bond acceptors (Lipinski definition) is 7. The van der Waals surface area contributed by atoms with Gasteiger partial charge in [0.05, 0.1) is 17.8 Å². The lowest BCUT2D eigenvalue weighted by Crippen LogP contribution is -2.50. The number of likely N-dealkylation sites (tertiary alicyclic amines) is 1. The van der Waals surface area contributed by atoms with Gasteiger partial charge in [0.2, 0.25) is 0 Å². The molecule has 1 aromatic rings. The van der Waals surface area contributed by atoms with E-state index in [0.717, 1.165) is 71.7 Å². The molecule has 0 saturated carbocycles. The summed E-state index contributed by atoms with van der Waals surface area (Å²) in [6.07, 6.45) is -3.63. The molecule has 0 aromatic carbocycles. The van der Waals surface area contributed by atoms with E-state index in [0.29, 0.717) is 11.5 Å². The summed E-state index contributed by atoms with van der Waals surface area (Å²) in [5.74, 6) is -4.84. The van der Waals surface area contributed by atoms with Gasteiger partial charge in [-0.25, -0.2) is 9.59 Å². The third-order valence-corrected chi connectivity index (χ3v) is 6.62. The molecule has 1 amide bonds. The van der Waals surface area contributed by atoms with E-state index in [-0.39, 0.29) is 11.5 Å². The molecule has 1 spiro atoms. The maximum absolute atomic E-state index is 12.8. The number of alkyl halides is 6. The summed E-state index contributed by atoms with van der Waals surface area (Å²) in [5.41, 5.74) is 0.546. The number of aliphatic carboxylic acids is 2. The zero-order chi connectivity index (χ0) is 30.1. The fourth-order valence-electron chi connectivity index (χ4n) is 4.68. The fourth-order valence-corrected chi connectivity index (χ4v) is 4.68. The predicted molar refractivity (Wildman–Crippen MR) is 127 cm³/mol. The summed E-state index contributed by atoms with van der Waals surface area (Å²) >= 11 is 0. The Balaban J connectivity index is 0.000000333. The van der Waals surface area contributed by atoms with Crippen LogP contribution in [-0.2, 0) is 14.3 Å². The Bertz CT molecular complexity index is 964. The van der Waals surface area contributed by atoms with Gasteiger partial charge in [0.25, 0.3) is 5.91 Å². The smallest absolute Gasteiger partial charge is 0.475 e. The summed E-state index contributed by atoms with van der Waals surface area (Å²) in [6.45, 7) is 8.14. The van der Waals surface area contributed by atoms with Gasteiger partial charge in [-0.3, -0.25) is 9.78 Å². The minimum atomic E-state index is -5.08. The minimum Gasteiger partial charge on any atom is -0.475 e. The van der Waals surface area contributed by atoms with Crippen molar-refractivity contribution in [3.05, 3.63) is 30.1 Å². The topological polar surface area (TPSA) is 124 Å². The molecule has 226 valence electrons. The number of ether oxygens (including phenoxy) is 1. The first-order valence-electron chi connectivity index (χ1n) is 12.4. The molecular formula is C24H32F6N4O6. The van der Waals surface area contributed by atoms with Crippen molar-refractivity contribution in [1.82, 2.24) is 19.7 Å². The molecule has 3 aliphatic heterocycles. The van der Waals surface area contributed by atoms with Crippen LogP contribution in [0.15, 0.2) is 24.5 Å². The minimum absolute atomic E-state index is 0.0864. The van der Waals surface area contributed by atoms with E-state index in [1.54, 1.807) is 12.4 Å². The van der Waals surface area contributed by atoms with Crippen molar-refractivity contribution < 1.29 is 55.7 Å². The summed E-state index contributed by atoms with van der Waals surface area (Å²) in [7, 11) is 2.20. The largest absolute Gasteiger partial charge is 0.490 e. The number of likely N-dealkylation sites (N-methyl/N-ethyl adjacent to an activating group) is 1. The van der Waals surface area contributed by atoms with Gasteiger partial charge in [0, 0.05) is 58.2 Å². The molecule has 4 rings (SSSR count). The molecule has 0 radical (unpaired) electrons. The van der Waals surface area contributed by atoms with Crippen LogP contribution in [0.25, 0.3) is 0 Å². The van der Waals surface area contributed by atoms with Gasteiger partial charge in [0.15, 0.2) is 0 Å². The Labute approximate surface area is 226 Å². The number of hydrogen-bond donors (Lipinski definition) is 2. The molecule has 3 saturated heterocycles. The van der Waals surface area contributed by atoms with Crippen LogP contribution in [-0.4, -0.2) is 125 Å². The molecule has 2 atom stereocenters. The number of pyridine rings is 1. The summed E-state index contributed by atoms with van der Waals surface area (Å²) in [6, 6.07) is 3.67. The molecule has 0 bridgehead atoms. The van der Waals surface area contributed by atoms with Gasteiger partial charge in [0.1, 0.15) is 0 Å². The van der Waals surface area contributed by atoms with Crippen molar-refractivity contribution >= 4 is 17.8 Å². The Hall–Kier alpha value is -2.98. The summed E-state index contributed by atoms with van der Waals surface area (Å²) in [4.78, 5) is 41.6. The molecular weight excluding hydrogens is 554 g/mol. The van der Waals surface area contributed by atoms with Crippen LogP contribution in [0.5, 0.6) is 0 Å². The highest BCUT2D eigenvalue weighted by Crippen LogP contribution is 2.38. The van der Waals surface area contributed by atoms with Gasteiger partial charge in [-0.15, -0.1) is 0 Å².